The fourth-order valence-electron chi connectivity index (χ4n) is 3.30. The summed E-state index contributed by atoms with van der Waals surface area (Å²) >= 11 is 6.83. The zero-order valence-corrected chi connectivity index (χ0v) is 17.6. The van der Waals surface area contributed by atoms with Gasteiger partial charge in [-0.1, -0.05) is 41.9 Å². The third-order valence-corrected chi connectivity index (χ3v) is 8.41. The first-order valence-corrected chi connectivity index (χ1v) is 11.5. The predicted octanol–water partition coefficient (Wildman–Crippen LogP) is 3.50. The van der Waals surface area contributed by atoms with Crippen molar-refractivity contribution >= 4 is 38.9 Å². The number of carbonyl (C=O) groups excluding carboxylic acids is 1. The van der Waals surface area contributed by atoms with E-state index in [9.17, 15) is 13.2 Å². The quantitative estimate of drug-likeness (QED) is 0.710. The SMILES string of the molecule is CN(CC(=O)N1CCC(Cc2ccccc2)CC1)S(=O)(=O)c1ccc(Cl)s1. The molecule has 1 saturated heterocycles. The summed E-state index contributed by atoms with van der Waals surface area (Å²) in [5.74, 6) is 0.410. The van der Waals surface area contributed by atoms with Gasteiger partial charge in [-0.2, -0.15) is 4.31 Å². The van der Waals surface area contributed by atoms with E-state index in [1.54, 1.807) is 11.0 Å². The standard InChI is InChI=1S/C19H23ClN2O3S2/c1-21(27(24,25)19-8-7-17(20)26-19)14-18(23)22-11-9-16(10-12-22)13-15-5-3-2-4-6-15/h2-8,16H,9-14H2,1H3. The molecular weight excluding hydrogens is 404 g/mol. The van der Waals surface area contributed by atoms with Crippen LogP contribution in [0.5, 0.6) is 0 Å². The number of piperidine rings is 1. The lowest BCUT2D eigenvalue weighted by Gasteiger charge is -2.33. The Morgan fingerprint density at radius 2 is 1.85 bits per heavy atom. The number of hydrogen-bond acceptors (Lipinski definition) is 4. The van der Waals surface area contributed by atoms with Crippen LogP contribution in [0, 0.1) is 5.92 Å². The number of nitrogens with zero attached hydrogens (tertiary/aromatic N) is 2. The van der Waals surface area contributed by atoms with Crippen molar-refractivity contribution in [2.75, 3.05) is 26.7 Å². The Morgan fingerprint density at radius 3 is 2.44 bits per heavy atom. The van der Waals surface area contributed by atoms with Gasteiger partial charge in [0.2, 0.25) is 5.91 Å². The molecule has 1 aromatic carbocycles. The van der Waals surface area contributed by atoms with Gasteiger partial charge in [0.05, 0.1) is 10.9 Å². The lowest BCUT2D eigenvalue weighted by Crippen LogP contribution is -2.44. The van der Waals surface area contributed by atoms with Gasteiger partial charge in [-0.3, -0.25) is 4.79 Å². The molecule has 1 aromatic heterocycles. The number of hydrogen-bond donors (Lipinski definition) is 0. The fourth-order valence-corrected chi connectivity index (χ4v) is 6.11. The van der Waals surface area contributed by atoms with Crippen LogP contribution in [0.3, 0.4) is 0 Å². The number of halogens is 1. The average molecular weight is 427 g/mol. The minimum Gasteiger partial charge on any atom is -0.342 e. The molecule has 1 aliphatic heterocycles. The van der Waals surface area contributed by atoms with E-state index in [1.165, 1.54) is 18.7 Å². The Morgan fingerprint density at radius 1 is 1.19 bits per heavy atom. The highest BCUT2D eigenvalue weighted by molar-refractivity contribution is 7.91. The molecule has 0 bridgehead atoms. The molecule has 1 amide bonds. The third kappa shape index (κ3) is 5.10. The number of likely N-dealkylation sites (tertiary alicyclic amines) is 1. The summed E-state index contributed by atoms with van der Waals surface area (Å²) in [6, 6.07) is 13.4. The molecule has 0 radical (unpaired) electrons. The molecule has 1 fully saturated rings. The normalized spacial score (nSPS) is 16.0. The number of rotatable bonds is 6. The molecule has 0 atom stereocenters. The Labute approximate surface area is 169 Å². The van der Waals surface area contributed by atoms with Gasteiger partial charge in [-0.15, -0.1) is 11.3 Å². The maximum atomic E-state index is 12.6. The molecule has 0 N–H and O–H groups in total. The van der Waals surface area contributed by atoms with E-state index in [1.807, 2.05) is 18.2 Å². The summed E-state index contributed by atoms with van der Waals surface area (Å²) in [5, 5.41) is 0. The van der Waals surface area contributed by atoms with Gasteiger partial charge in [0, 0.05) is 20.1 Å². The number of benzene rings is 1. The average Bonchev–Trinajstić information content (AvgIpc) is 3.10. The van der Waals surface area contributed by atoms with Gasteiger partial charge in [-0.05, 0) is 42.9 Å². The Balaban J connectivity index is 1.52. The van der Waals surface area contributed by atoms with Crippen LogP contribution in [0.2, 0.25) is 4.34 Å². The summed E-state index contributed by atoms with van der Waals surface area (Å²) in [6.07, 6.45) is 2.91. The van der Waals surface area contributed by atoms with E-state index in [0.29, 0.717) is 23.3 Å². The highest BCUT2D eigenvalue weighted by Crippen LogP contribution is 2.28. The minimum absolute atomic E-state index is 0.151. The summed E-state index contributed by atoms with van der Waals surface area (Å²) < 4.78 is 26.7. The first kappa shape index (κ1) is 20.3. The summed E-state index contributed by atoms with van der Waals surface area (Å²) in [4.78, 5) is 14.3. The summed E-state index contributed by atoms with van der Waals surface area (Å²) in [6.45, 7) is 1.20. The van der Waals surface area contributed by atoms with Crippen molar-refractivity contribution in [1.29, 1.82) is 0 Å². The van der Waals surface area contributed by atoms with Crippen LogP contribution >= 0.6 is 22.9 Å². The second kappa shape index (κ2) is 8.73. The Bertz CT molecular complexity index is 875. The highest BCUT2D eigenvalue weighted by atomic mass is 35.5. The van der Waals surface area contributed by atoms with Crippen LogP contribution < -0.4 is 0 Å². The summed E-state index contributed by atoms with van der Waals surface area (Å²) in [7, 11) is -2.25. The molecule has 2 aromatic rings. The Kier molecular flexibility index (Phi) is 6.57. The van der Waals surface area contributed by atoms with Crippen molar-refractivity contribution in [2.45, 2.75) is 23.5 Å². The maximum absolute atomic E-state index is 12.6. The fraction of sp³-hybridized carbons (Fsp3) is 0.421. The topological polar surface area (TPSA) is 57.7 Å². The van der Waals surface area contributed by atoms with Gasteiger partial charge in [0.15, 0.2) is 0 Å². The zero-order valence-electron chi connectivity index (χ0n) is 15.2. The number of likely N-dealkylation sites (N-methyl/N-ethyl adjacent to an activating group) is 1. The number of amides is 1. The molecule has 3 rings (SSSR count). The summed E-state index contributed by atoms with van der Waals surface area (Å²) in [5.41, 5.74) is 1.32. The first-order chi connectivity index (χ1) is 12.9. The molecule has 0 unspecified atom stereocenters. The lowest BCUT2D eigenvalue weighted by atomic mass is 9.90. The molecule has 5 nitrogen and oxygen atoms in total. The van der Waals surface area contributed by atoms with Gasteiger partial charge in [0.1, 0.15) is 4.21 Å². The molecule has 146 valence electrons. The van der Waals surface area contributed by atoms with E-state index in [4.69, 9.17) is 11.6 Å². The van der Waals surface area contributed by atoms with Crippen LogP contribution in [-0.4, -0.2) is 50.2 Å². The second-order valence-corrected chi connectivity index (χ2v) is 10.8. The molecule has 0 spiro atoms. The third-order valence-electron chi connectivity index (χ3n) is 4.91. The predicted molar refractivity (Wildman–Crippen MR) is 109 cm³/mol. The molecular formula is C19H23ClN2O3S2. The second-order valence-electron chi connectivity index (χ2n) is 6.83. The molecule has 0 saturated carbocycles. The van der Waals surface area contributed by atoms with Gasteiger partial charge >= 0.3 is 0 Å². The van der Waals surface area contributed by atoms with Crippen molar-refractivity contribution < 1.29 is 13.2 Å². The van der Waals surface area contributed by atoms with Crippen LogP contribution in [0.15, 0.2) is 46.7 Å². The van der Waals surface area contributed by atoms with E-state index < -0.39 is 10.0 Å². The van der Waals surface area contributed by atoms with E-state index in [0.717, 1.165) is 34.9 Å². The number of thiophene rings is 1. The molecule has 1 aliphatic rings. The first-order valence-electron chi connectivity index (χ1n) is 8.89. The number of carbonyl (C=O) groups is 1. The Hall–Kier alpha value is -1.41. The molecule has 2 heterocycles. The highest BCUT2D eigenvalue weighted by Gasteiger charge is 2.28. The monoisotopic (exact) mass is 426 g/mol. The van der Waals surface area contributed by atoms with Gasteiger partial charge < -0.3 is 4.90 Å². The molecule has 8 heteroatoms. The van der Waals surface area contributed by atoms with Crippen molar-refractivity contribution in [2.24, 2.45) is 5.92 Å². The van der Waals surface area contributed by atoms with Crippen LogP contribution in [0.4, 0.5) is 0 Å². The van der Waals surface area contributed by atoms with Crippen LogP contribution in [0.25, 0.3) is 0 Å². The van der Waals surface area contributed by atoms with Crippen LogP contribution in [0.1, 0.15) is 18.4 Å². The lowest BCUT2D eigenvalue weighted by molar-refractivity contribution is -0.132. The van der Waals surface area contributed by atoms with Gasteiger partial charge in [-0.25, -0.2) is 8.42 Å². The van der Waals surface area contributed by atoms with Crippen LogP contribution in [-0.2, 0) is 21.2 Å². The maximum Gasteiger partial charge on any atom is 0.252 e. The van der Waals surface area contributed by atoms with Gasteiger partial charge in [0.25, 0.3) is 10.0 Å². The minimum atomic E-state index is -3.68. The zero-order chi connectivity index (χ0) is 19.4. The van der Waals surface area contributed by atoms with E-state index in [2.05, 4.69) is 12.1 Å². The molecule has 27 heavy (non-hydrogen) atoms. The van der Waals surface area contributed by atoms with E-state index in [-0.39, 0.29) is 16.7 Å². The van der Waals surface area contributed by atoms with Crippen molar-refractivity contribution in [3.05, 3.63) is 52.4 Å². The van der Waals surface area contributed by atoms with E-state index >= 15 is 0 Å². The number of sulfonamides is 1. The van der Waals surface area contributed by atoms with Crippen molar-refractivity contribution in [3.8, 4) is 0 Å². The van der Waals surface area contributed by atoms with Crippen molar-refractivity contribution in [1.82, 2.24) is 9.21 Å². The largest absolute Gasteiger partial charge is 0.342 e. The molecule has 0 aliphatic carbocycles. The van der Waals surface area contributed by atoms with Crippen molar-refractivity contribution in [3.63, 3.8) is 0 Å². The smallest absolute Gasteiger partial charge is 0.252 e.